The second kappa shape index (κ2) is 9.06. The van der Waals surface area contributed by atoms with Crippen LogP contribution in [0.1, 0.15) is 24.4 Å². The number of allylic oxidation sites excluding steroid dienone is 1. The Morgan fingerprint density at radius 1 is 1.26 bits per heavy atom. The van der Waals surface area contributed by atoms with E-state index in [0.717, 1.165) is 10.7 Å². The molecule has 1 heterocycles. The third kappa shape index (κ3) is 5.11. The molecule has 0 saturated carbocycles. The summed E-state index contributed by atoms with van der Waals surface area (Å²) in [7, 11) is 0. The van der Waals surface area contributed by atoms with Gasteiger partial charge < -0.3 is 4.74 Å². The van der Waals surface area contributed by atoms with Gasteiger partial charge in [-0.2, -0.15) is 0 Å². The Balaban J connectivity index is 1.75. The number of nitrogens with zero attached hydrogens (tertiary/aromatic N) is 3. The average Bonchev–Trinajstić information content (AvgIpc) is 3.04. The molecule has 140 valence electrons. The van der Waals surface area contributed by atoms with E-state index >= 15 is 0 Å². The van der Waals surface area contributed by atoms with E-state index in [9.17, 15) is 4.39 Å². The minimum Gasteiger partial charge on any atom is -0.483 e. The molecule has 0 amide bonds. The zero-order valence-electron chi connectivity index (χ0n) is 14.8. The zero-order valence-corrected chi connectivity index (χ0v) is 16.4. The highest BCUT2D eigenvalue weighted by Crippen LogP contribution is 2.27. The molecule has 0 aliphatic rings. The molecule has 4 nitrogen and oxygen atoms in total. The van der Waals surface area contributed by atoms with Gasteiger partial charge in [0.05, 0.1) is 0 Å². The molecule has 3 aromatic rings. The van der Waals surface area contributed by atoms with E-state index in [1.165, 1.54) is 23.9 Å². The Hall–Kier alpha value is -2.31. The molecular formula is C20H19ClFN3OS. The predicted molar refractivity (Wildman–Crippen MR) is 107 cm³/mol. The maximum atomic E-state index is 13.0. The van der Waals surface area contributed by atoms with Crippen molar-refractivity contribution < 1.29 is 9.13 Å². The number of thioether (sulfide) groups is 1. The topological polar surface area (TPSA) is 39.9 Å². The molecule has 0 saturated heterocycles. The fraction of sp³-hybridized carbons (Fsp3) is 0.200. The van der Waals surface area contributed by atoms with Gasteiger partial charge >= 0.3 is 0 Å². The molecule has 0 aliphatic carbocycles. The van der Waals surface area contributed by atoms with Crippen molar-refractivity contribution in [2.45, 2.75) is 30.5 Å². The van der Waals surface area contributed by atoms with Crippen LogP contribution in [0.4, 0.5) is 4.39 Å². The standard InChI is InChI=1S/C20H19ClFN3OS/c1-3-11-25-19(14(2)26-18-6-4-5-16(21)12-18)23-24-20(25)27-13-15-7-9-17(22)10-8-15/h3-10,12,14H,1,11,13H2,2H3. The third-order valence-electron chi connectivity index (χ3n) is 3.81. The van der Waals surface area contributed by atoms with E-state index in [0.29, 0.717) is 28.9 Å². The molecule has 0 bridgehead atoms. The molecule has 27 heavy (non-hydrogen) atoms. The summed E-state index contributed by atoms with van der Waals surface area (Å²) in [6.07, 6.45) is 1.48. The summed E-state index contributed by atoms with van der Waals surface area (Å²) >= 11 is 7.55. The molecule has 3 rings (SSSR count). The number of hydrogen-bond donors (Lipinski definition) is 0. The molecule has 0 aliphatic heterocycles. The first-order chi connectivity index (χ1) is 13.1. The Labute approximate surface area is 167 Å². The van der Waals surface area contributed by atoms with Gasteiger partial charge in [-0.1, -0.05) is 47.6 Å². The zero-order chi connectivity index (χ0) is 19.2. The van der Waals surface area contributed by atoms with Gasteiger partial charge in [-0.3, -0.25) is 4.57 Å². The first-order valence-electron chi connectivity index (χ1n) is 8.40. The number of aromatic nitrogens is 3. The molecule has 0 fully saturated rings. The van der Waals surface area contributed by atoms with Crippen molar-refractivity contribution in [3.8, 4) is 5.75 Å². The van der Waals surface area contributed by atoms with Crippen molar-refractivity contribution in [2.75, 3.05) is 0 Å². The Kier molecular flexibility index (Phi) is 6.53. The van der Waals surface area contributed by atoms with E-state index in [1.807, 2.05) is 23.6 Å². The summed E-state index contributed by atoms with van der Waals surface area (Å²) in [4.78, 5) is 0. The van der Waals surface area contributed by atoms with Crippen molar-refractivity contribution in [2.24, 2.45) is 0 Å². The number of ether oxygens (including phenoxy) is 1. The molecule has 1 unspecified atom stereocenters. The van der Waals surface area contributed by atoms with E-state index in [4.69, 9.17) is 16.3 Å². The fourth-order valence-electron chi connectivity index (χ4n) is 2.53. The number of benzene rings is 2. The highest BCUT2D eigenvalue weighted by atomic mass is 35.5. The van der Waals surface area contributed by atoms with Crippen molar-refractivity contribution in [3.63, 3.8) is 0 Å². The molecule has 1 atom stereocenters. The monoisotopic (exact) mass is 403 g/mol. The van der Waals surface area contributed by atoms with Crippen molar-refractivity contribution in [1.82, 2.24) is 14.8 Å². The van der Waals surface area contributed by atoms with Crippen LogP contribution in [0.5, 0.6) is 5.75 Å². The van der Waals surface area contributed by atoms with Gasteiger partial charge in [0, 0.05) is 17.3 Å². The second-order valence-electron chi connectivity index (χ2n) is 5.87. The van der Waals surface area contributed by atoms with E-state index in [1.54, 1.807) is 30.3 Å². The van der Waals surface area contributed by atoms with Crippen molar-refractivity contribution in [1.29, 1.82) is 0 Å². The van der Waals surface area contributed by atoms with Crippen LogP contribution in [-0.4, -0.2) is 14.8 Å². The van der Waals surface area contributed by atoms with Gasteiger partial charge in [0.2, 0.25) is 0 Å². The van der Waals surface area contributed by atoms with Gasteiger partial charge in [-0.15, -0.1) is 16.8 Å². The van der Waals surface area contributed by atoms with Crippen molar-refractivity contribution in [3.05, 3.63) is 83.4 Å². The quantitative estimate of drug-likeness (QED) is 0.358. The molecule has 7 heteroatoms. The third-order valence-corrected chi connectivity index (χ3v) is 5.08. The van der Waals surface area contributed by atoms with Gasteiger partial charge in [0.15, 0.2) is 17.1 Å². The van der Waals surface area contributed by atoms with Gasteiger partial charge in [-0.25, -0.2) is 4.39 Å². The lowest BCUT2D eigenvalue weighted by atomic mass is 10.2. The Morgan fingerprint density at radius 3 is 2.74 bits per heavy atom. The van der Waals surface area contributed by atoms with E-state index < -0.39 is 0 Å². The van der Waals surface area contributed by atoms with Crippen LogP contribution in [-0.2, 0) is 12.3 Å². The molecule has 0 radical (unpaired) electrons. The minimum absolute atomic E-state index is 0.243. The Morgan fingerprint density at radius 2 is 2.04 bits per heavy atom. The SMILES string of the molecule is C=CCn1c(SCc2ccc(F)cc2)nnc1C(C)Oc1cccc(Cl)c1. The number of rotatable bonds is 8. The smallest absolute Gasteiger partial charge is 0.191 e. The lowest BCUT2D eigenvalue weighted by Crippen LogP contribution is -2.12. The number of hydrogen-bond acceptors (Lipinski definition) is 4. The van der Waals surface area contributed by atoms with Crippen LogP contribution in [0.15, 0.2) is 66.3 Å². The minimum atomic E-state index is -0.309. The van der Waals surface area contributed by atoms with Crippen LogP contribution in [0, 0.1) is 5.82 Å². The lowest BCUT2D eigenvalue weighted by molar-refractivity contribution is 0.210. The highest BCUT2D eigenvalue weighted by molar-refractivity contribution is 7.98. The van der Waals surface area contributed by atoms with Crippen LogP contribution >= 0.6 is 23.4 Å². The van der Waals surface area contributed by atoms with Gasteiger partial charge in [-0.05, 0) is 42.8 Å². The number of halogens is 2. The summed E-state index contributed by atoms with van der Waals surface area (Å²) in [5.74, 6) is 1.80. The highest BCUT2D eigenvalue weighted by Gasteiger charge is 2.19. The molecule has 2 aromatic carbocycles. The maximum absolute atomic E-state index is 13.0. The summed E-state index contributed by atoms with van der Waals surface area (Å²) < 4.78 is 21.0. The molecule has 0 spiro atoms. The van der Waals surface area contributed by atoms with E-state index in [2.05, 4.69) is 16.8 Å². The summed E-state index contributed by atoms with van der Waals surface area (Å²) in [5, 5.41) is 9.98. The van der Waals surface area contributed by atoms with Crippen LogP contribution in [0.3, 0.4) is 0 Å². The van der Waals surface area contributed by atoms with Crippen molar-refractivity contribution >= 4 is 23.4 Å². The van der Waals surface area contributed by atoms with Crippen LogP contribution in [0.2, 0.25) is 5.02 Å². The molecule has 1 aromatic heterocycles. The summed E-state index contributed by atoms with van der Waals surface area (Å²) in [6, 6.07) is 13.7. The molecule has 0 N–H and O–H groups in total. The van der Waals surface area contributed by atoms with Gasteiger partial charge in [0.25, 0.3) is 0 Å². The van der Waals surface area contributed by atoms with E-state index in [-0.39, 0.29) is 11.9 Å². The second-order valence-corrected chi connectivity index (χ2v) is 7.25. The Bertz CT molecular complexity index is 914. The van der Waals surface area contributed by atoms with Crippen LogP contribution in [0.25, 0.3) is 0 Å². The maximum Gasteiger partial charge on any atom is 0.191 e. The lowest BCUT2D eigenvalue weighted by Gasteiger charge is -2.16. The summed E-state index contributed by atoms with van der Waals surface area (Å²) in [5.41, 5.74) is 1.01. The fourth-order valence-corrected chi connectivity index (χ4v) is 3.62. The van der Waals surface area contributed by atoms with Crippen LogP contribution < -0.4 is 4.74 Å². The summed E-state index contributed by atoms with van der Waals surface area (Å²) in [6.45, 7) is 6.30. The first kappa shape index (κ1) is 19.5. The average molecular weight is 404 g/mol. The normalized spacial score (nSPS) is 12.0. The van der Waals surface area contributed by atoms with Gasteiger partial charge in [0.1, 0.15) is 11.6 Å². The largest absolute Gasteiger partial charge is 0.483 e. The first-order valence-corrected chi connectivity index (χ1v) is 9.76. The molecular weight excluding hydrogens is 385 g/mol. The predicted octanol–water partition coefficient (Wildman–Crippen LogP) is 5.69.